The number of carbonyl (C=O) groups excluding carboxylic acids is 2. The van der Waals surface area contributed by atoms with Crippen molar-refractivity contribution < 1.29 is 18.7 Å². The van der Waals surface area contributed by atoms with Gasteiger partial charge >= 0.3 is 12.0 Å². The Bertz CT molecular complexity index is 474. The van der Waals surface area contributed by atoms with Gasteiger partial charge in [-0.05, 0) is 19.1 Å². The van der Waals surface area contributed by atoms with Crippen molar-refractivity contribution in [3.05, 3.63) is 28.0 Å². The Balaban J connectivity index is 2.55. The summed E-state index contributed by atoms with van der Waals surface area (Å²) in [6, 6.07) is 1.74. The van der Waals surface area contributed by atoms with Crippen LogP contribution in [0.5, 0.6) is 0 Å². The number of carbonyl (C=O) groups is 2. The van der Waals surface area contributed by atoms with Gasteiger partial charge in [0, 0.05) is 5.69 Å². The van der Waals surface area contributed by atoms with E-state index in [1.807, 2.05) is 0 Å². The summed E-state index contributed by atoms with van der Waals surface area (Å²) in [6.07, 6.45) is 0. The summed E-state index contributed by atoms with van der Waals surface area (Å²) in [5, 5.41) is 4.19. The molecule has 2 amide bonds. The lowest BCUT2D eigenvalue weighted by Crippen LogP contribution is -2.34. The highest BCUT2D eigenvalue weighted by molar-refractivity contribution is 6.35. The predicted octanol–water partition coefficient (Wildman–Crippen LogP) is 2.82. The third kappa shape index (κ3) is 4.92. The molecule has 0 fully saturated rings. The molecule has 1 rings (SSSR count). The topological polar surface area (TPSA) is 67.4 Å². The summed E-state index contributed by atoms with van der Waals surface area (Å²) in [5.74, 6) is -1.33. The van der Waals surface area contributed by atoms with Crippen molar-refractivity contribution in [2.24, 2.45) is 0 Å². The Morgan fingerprint density at radius 1 is 1.32 bits per heavy atom. The maximum absolute atomic E-state index is 13.1. The van der Waals surface area contributed by atoms with Crippen molar-refractivity contribution in [2.75, 3.05) is 18.5 Å². The summed E-state index contributed by atoms with van der Waals surface area (Å²) in [4.78, 5) is 22.4. The van der Waals surface area contributed by atoms with E-state index in [-0.39, 0.29) is 28.9 Å². The molecule has 5 nitrogen and oxygen atoms in total. The minimum absolute atomic E-state index is 0.206. The molecular weight excluding hydrogens is 298 g/mol. The number of nitrogens with one attached hydrogen (secondary N) is 2. The molecule has 0 aromatic heterocycles. The molecule has 0 saturated heterocycles. The summed E-state index contributed by atoms with van der Waals surface area (Å²) in [5.41, 5.74) is 0.206. The fourth-order valence-corrected chi connectivity index (χ4v) is 1.65. The smallest absolute Gasteiger partial charge is 0.325 e. The van der Waals surface area contributed by atoms with Crippen LogP contribution >= 0.6 is 23.2 Å². The summed E-state index contributed by atoms with van der Waals surface area (Å²) in [6.45, 7) is 1.61. The number of rotatable bonds is 4. The SMILES string of the molecule is CCOC(=O)CNC(=O)Nc1cc(Cl)c(F)c(Cl)c1. The minimum Gasteiger partial charge on any atom is -0.465 e. The van der Waals surface area contributed by atoms with Gasteiger partial charge in [0.15, 0.2) is 5.82 Å². The van der Waals surface area contributed by atoms with Gasteiger partial charge in [0.25, 0.3) is 0 Å². The van der Waals surface area contributed by atoms with Gasteiger partial charge in [-0.25, -0.2) is 9.18 Å². The number of benzene rings is 1. The van der Waals surface area contributed by atoms with Crippen LogP contribution in [0.1, 0.15) is 6.92 Å². The highest BCUT2D eigenvalue weighted by Crippen LogP contribution is 2.27. The van der Waals surface area contributed by atoms with Gasteiger partial charge in [-0.1, -0.05) is 23.2 Å². The molecule has 0 unspecified atom stereocenters. The highest BCUT2D eigenvalue weighted by atomic mass is 35.5. The van der Waals surface area contributed by atoms with E-state index in [0.29, 0.717) is 0 Å². The lowest BCUT2D eigenvalue weighted by molar-refractivity contribution is -0.141. The Labute approximate surface area is 119 Å². The van der Waals surface area contributed by atoms with E-state index in [1.165, 1.54) is 12.1 Å². The van der Waals surface area contributed by atoms with Gasteiger partial charge in [-0.2, -0.15) is 0 Å². The van der Waals surface area contributed by atoms with Crippen LogP contribution < -0.4 is 10.6 Å². The van der Waals surface area contributed by atoms with Crippen molar-refractivity contribution in [2.45, 2.75) is 6.92 Å². The second kappa shape index (κ2) is 7.16. The van der Waals surface area contributed by atoms with Crippen LogP contribution in [0.2, 0.25) is 10.0 Å². The van der Waals surface area contributed by atoms with Gasteiger partial charge in [-0.3, -0.25) is 4.79 Å². The third-order valence-corrected chi connectivity index (χ3v) is 2.49. The summed E-state index contributed by atoms with van der Waals surface area (Å²) in [7, 11) is 0. The fraction of sp³-hybridized carbons (Fsp3) is 0.273. The summed E-state index contributed by atoms with van der Waals surface area (Å²) < 4.78 is 17.8. The maximum atomic E-state index is 13.1. The molecule has 0 radical (unpaired) electrons. The number of halogens is 3. The van der Waals surface area contributed by atoms with E-state index in [1.54, 1.807) is 6.92 Å². The van der Waals surface area contributed by atoms with E-state index >= 15 is 0 Å². The van der Waals surface area contributed by atoms with E-state index in [0.717, 1.165) is 0 Å². The molecule has 0 saturated carbocycles. The first kappa shape index (κ1) is 15.5. The number of urea groups is 1. The Kier molecular flexibility index (Phi) is 5.85. The summed E-state index contributed by atoms with van der Waals surface area (Å²) >= 11 is 11.1. The molecule has 0 spiro atoms. The van der Waals surface area contributed by atoms with E-state index in [2.05, 4.69) is 15.4 Å². The first-order valence-corrected chi connectivity index (χ1v) is 6.04. The van der Waals surface area contributed by atoms with E-state index in [9.17, 15) is 14.0 Å². The van der Waals surface area contributed by atoms with Crippen LogP contribution in [0.3, 0.4) is 0 Å². The molecule has 0 aliphatic heterocycles. The lowest BCUT2D eigenvalue weighted by Gasteiger charge is -2.08. The second-order valence-corrected chi connectivity index (χ2v) is 4.18. The first-order valence-electron chi connectivity index (χ1n) is 5.29. The molecule has 1 aromatic rings. The van der Waals surface area contributed by atoms with Crippen LogP contribution in [0.25, 0.3) is 0 Å². The van der Waals surface area contributed by atoms with Crippen LogP contribution in [0, 0.1) is 5.82 Å². The number of anilines is 1. The van der Waals surface area contributed by atoms with Gasteiger partial charge in [0.2, 0.25) is 0 Å². The molecular formula is C11H11Cl2FN2O3. The van der Waals surface area contributed by atoms with Gasteiger partial charge in [0.1, 0.15) is 6.54 Å². The maximum Gasteiger partial charge on any atom is 0.325 e. The highest BCUT2D eigenvalue weighted by Gasteiger charge is 2.10. The van der Waals surface area contributed by atoms with Crippen molar-refractivity contribution in [1.82, 2.24) is 5.32 Å². The van der Waals surface area contributed by atoms with Crippen LogP contribution in [0.4, 0.5) is 14.9 Å². The van der Waals surface area contributed by atoms with Crippen molar-refractivity contribution in [3.8, 4) is 0 Å². The minimum atomic E-state index is -0.763. The normalized spacial score (nSPS) is 9.89. The molecule has 2 N–H and O–H groups in total. The van der Waals surface area contributed by atoms with E-state index < -0.39 is 17.8 Å². The zero-order chi connectivity index (χ0) is 14.4. The number of hydrogen-bond donors (Lipinski definition) is 2. The number of ether oxygens (including phenoxy) is 1. The zero-order valence-electron chi connectivity index (χ0n) is 9.93. The molecule has 0 heterocycles. The molecule has 1 aromatic carbocycles. The Morgan fingerprint density at radius 2 is 1.89 bits per heavy atom. The van der Waals surface area contributed by atoms with Crippen LogP contribution in [-0.4, -0.2) is 25.2 Å². The van der Waals surface area contributed by atoms with Gasteiger partial charge < -0.3 is 15.4 Å². The number of esters is 1. The lowest BCUT2D eigenvalue weighted by atomic mass is 10.3. The Hall–Kier alpha value is -1.53. The molecule has 0 aliphatic rings. The number of amides is 2. The molecule has 0 bridgehead atoms. The third-order valence-electron chi connectivity index (χ3n) is 1.94. The molecule has 104 valence electrons. The first-order chi connectivity index (χ1) is 8.93. The monoisotopic (exact) mass is 308 g/mol. The van der Waals surface area contributed by atoms with Crippen LogP contribution in [0.15, 0.2) is 12.1 Å². The molecule has 0 atom stereocenters. The van der Waals surface area contributed by atoms with Crippen molar-refractivity contribution in [3.63, 3.8) is 0 Å². The fourth-order valence-electron chi connectivity index (χ4n) is 1.17. The van der Waals surface area contributed by atoms with Gasteiger partial charge in [-0.15, -0.1) is 0 Å². The Morgan fingerprint density at radius 3 is 2.42 bits per heavy atom. The second-order valence-electron chi connectivity index (χ2n) is 3.37. The van der Waals surface area contributed by atoms with Crippen LogP contribution in [-0.2, 0) is 9.53 Å². The molecule has 19 heavy (non-hydrogen) atoms. The quantitative estimate of drug-likeness (QED) is 0.664. The molecule has 0 aliphatic carbocycles. The standard InChI is InChI=1S/C11H11Cl2FN2O3/c1-2-19-9(17)5-15-11(18)16-6-3-7(12)10(14)8(13)4-6/h3-4H,2,5H2,1H3,(H2,15,16,18). The molecule has 8 heteroatoms. The zero-order valence-corrected chi connectivity index (χ0v) is 11.4. The van der Waals surface area contributed by atoms with Crippen molar-refractivity contribution in [1.29, 1.82) is 0 Å². The van der Waals surface area contributed by atoms with E-state index in [4.69, 9.17) is 23.2 Å². The average Bonchev–Trinajstić information content (AvgIpc) is 2.34. The van der Waals surface area contributed by atoms with Gasteiger partial charge in [0.05, 0.1) is 16.7 Å². The largest absolute Gasteiger partial charge is 0.465 e. The number of hydrogen-bond acceptors (Lipinski definition) is 3. The average molecular weight is 309 g/mol. The van der Waals surface area contributed by atoms with Crippen molar-refractivity contribution >= 4 is 40.9 Å². The predicted molar refractivity (Wildman–Crippen MR) is 70.1 cm³/mol.